The van der Waals surface area contributed by atoms with Crippen molar-refractivity contribution in [2.75, 3.05) is 0 Å². The van der Waals surface area contributed by atoms with Gasteiger partial charge in [0, 0.05) is 0 Å². The molecule has 8 heteroatoms. The Kier molecular flexibility index (Phi) is 8.33. The third-order valence-corrected chi connectivity index (χ3v) is 62.8. The normalized spacial score (nSPS) is 18.8. The molecule has 4 aromatic rings. The monoisotopic (exact) mass is 765 g/mol. The van der Waals surface area contributed by atoms with E-state index in [2.05, 4.69) is 75.5 Å². The van der Waals surface area contributed by atoms with Crippen LogP contribution in [0.5, 0.6) is 0 Å². The molecule has 0 N–H and O–H groups in total. The number of halogens is 6. The van der Waals surface area contributed by atoms with Gasteiger partial charge in [-0.3, -0.25) is 0 Å². The van der Waals surface area contributed by atoms with Crippen LogP contribution in [0.15, 0.2) is 83.9 Å². The van der Waals surface area contributed by atoms with E-state index in [9.17, 15) is 0 Å². The molecular weight excluding hydrogens is 740 g/mol. The standard InChI is InChI=1S/2C16H11Cl2.C2H7Si.2ClH.Zr/c2*1-10-8-11-4-2-5-12(13(11)9-10)16-14(17)6-3-7-15(16)18;1-3-2;;;/h2*2-9H,1H3;3H,1-2H3;2*1H;/q;;;;;+2/p-2. The molecule has 0 spiro atoms. The Hall–Kier alpha value is -0.800. The summed E-state index contributed by atoms with van der Waals surface area (Å²) in [6.45, 7) is 9.05. The van der Waals surface area contributed by atoms with Crippen LogP contribution in [0.4, 0.5) is 0 Å². The predicted octanol–water partition coefficient (Wildman–Crippen LogP) is 13.2. The van der Waals surface area contributed by atoms with Gasteiger partial charge in [0.15, 0.2) is 0 Å². The average Bonchev–Trinajstić information content (AvgIpc) is 3.46. The molecule has 0 heterocycles. The first kappa shape index (κ1) is 31.2. The van der Waals surface area contributed by atoms with Crippen molar-refractivity contribution in [1.29, 1.82) is 0 Å². The summed E-state index contributed by atoms with van der Waals surface area (Å²) in [5.41, 5.74) is 10.7. The van der Waals surface area contributed by atoms with Crippen LogP contribution in [-0.4, -0.2) is 5.92 Å². The number of fused-ring (bicyclic) bond motifs is 2. The van der Waals surface area contributed by atoms with Crippen LogP contribution in [0.1, 0.15) is 43.4 Å². The molecule has 0 aromatic heterocycles. The van der Waals surface area contributed by atoms with Gasteiger partial charge in [0.1, 0.15) is 0 Å². The van der Waals surface area contributed by atoms with Crippen molar-refractivity contribution < 1.29 is 15.6 Å². The first-order valence-electron chi connectivity index (χ1n) is 13.9. The molecule has 0 nitrogen and oxygen atoms in total. The molecule has 4 aromatic carbocycles. The number of hydrogen-bond acceptors (Lipinski definition) is 0. The molecule has 6 rings (SSSR count). The maximum atomic E-state index is 8.36. The van der Waals surface area contributed by atoms with Gasteiger partial charge in [-0.2, -0.15) is 0 Å². The Balaban J connectivity index is 1.58. The maximum absolute atomic E-state index is 8.36. The van der Waals surface area contributed by atoms with Gasteiger partial charge in [-0.25, -0.2) is 0 Å². The van der Waals surface area contributed by atoms with E-state index in [-0.39, 0.29) is 7.25 Å². The van der Waals surface area contributed by atoms with Gasteiger partial charge in [0.2, 0.25) is 0 Å². The minimum absolute atomic E-state index is 0.0375. The van der Waals surface area contributed by atoms with Gasteiger partial charge in [-0.05, 0) is 0 Å². The van der Waals surface area contributed by atoms with Crippen LogP contribution in [0.25, 0.3) is 34.4 Å². The number of hydrogen-bond donors (Lipinski definition) is 0. The van der Waals surface area contributed by atoms with Crippen LogP contribution >= 0.6 is 63.4 Å². The minimum atomic E-state index is -4.84. The van der Waals surface area contributed by atoms with Crippen molar-refractivity contribution in [2.24, 2.45) is 0 Å². The van der Waals surface area contributed by atoms with Crippen LogP contribution in [-0.2, 0) is 15.6 Å². The fourth-order valence-electron chi connectivity index (χ4n) is 7.35. The quantitative estimate of drug-likeness (QED) is 0.177. The van der Waals surface area contributed by atoms with Crippen LogP contribution in [0.3, 0.4) is 0 Å². The summed E-state index contributed by atoms with van der Waals surface area (Å²) in [6.07, 6.45) is 4.53. The van der Waals surface area contributed by atoms with E-state index in [0.717, 1.165) is 33.4 Å². The Morgan fingerprint density at radius 1 is 0.548 bits per heavy atom. The van der Waals surface area contributed by atoms with E-state index in [1.54, 1.807) is 0 Å². The number of rotatable bonds is 5. The molecule has 2 unspecified atom stereocenters. The summed E-state index contributed by atoms with van der Waals surface area (Å²) in [5, 5.41) is 2.50. The zero-order valence-corrected chi connectivity index (χ0v) is 31.7. The second-order valence-corrected chi connectivity index (χ2v) is 56.0. The molecule has 2 atom stereocenters. The first-order chi connectivity index (χ1) is 19.9. The predicted molar refractivity (Wildman–Crippen MR) is 187 cm³/mol. The summed E-state index contributed by atoms with van der Waals surface area (Å²) >= 11 is 22.0. The summed E-state index contributed by atoms with van der Waals surface area (Å²) in [7, 11) is 16.7. The molecule has 0 aliphatic heterocycles. The van der Waals surface area contributed by atoms with Crippen molar-refractivity contribution in [3.8, 4) is 22.3 Å². The molecule has 0 fully saturated rings. The molecule has 2 aliphatic carbocycles. The van der Waals surface area contributed by atoms with Gasteiger partial charge >= 0.3 is 280 Å². The average molecular weight is 770 g/mol. The summed E-state index contributed by atoms with van der Waals surface area (Å²) in [6, 6.07) is 24.0. The van der Waals surface area contributed by atoms with Crippen molar-refractivity contribution in [1.82, 2.24) is 0 Å². The Labute approximate surface area is 277 Å². The molecule has 2 aliphatic rings. The fraction of sp³-hybridized carbons (Fsp3) is 0.176. The fourth-order valence-corrected chi connectivity index (χ4v) is 41.5. The van der Waals surface area contributed by atoms with E-state index < -0.39 is 21.5 Å². The zero-order valence-electron chi connectivity index (χ0n) is 23.6. The van der Waals surface area contributed by atoms with Crippen LogP contribution < -0.4 is 0 Å². The second kappa shape index (κ2) is 11.2. The molecule has 0 bridgehead atoms. The van der Waals surface area contributed by atoms with Gasteiger partial charge < -0.3 is 0 Å². The summed E-state index contributed by atoms with van der Waals surface area (Å²) < 4.78 is -0.0750. The number of allylic oxidation sites excluding steroid dienone is 2. The molecule has 0 saturated carbocycles. The van der Waals surface area contributed by atoms with E-state index in [4.69, 9.17) is 63.4 Å². The molecule has 0 saturated heterocycles. The zero-order chi connectivity index (χ0) is 30.2. The van der Waals surface area contributed by atoms with Crippen molar-refractivity contribution in [3.63, 3.8) is 0 Å². The topological polar surface area (TPSA) is 0 Å². The molecule has 215 valence electrons. The molecule has 0 amide bonds. The van der Waals surface area contributed by atoms with Gasteiger partial charge in [0.25, 0.3) is 0 Å². The first-order valence-corrected chi connectivity index (χ1v) is 31.8. The molecular formula is C34H29Cl6SiZr. The SMILES string of the molecule is CC1=Cc2c(-c3c(Cl)cccc3Cl)cccc2[CH]1[Zr]([Cl])([Cl])([CH]1C(C)=Cc2c(-c3c(Cl)cccc3Cl)cccc21)[SiH](C)C. The summed E-state index contributed by atoms with van der Waals surface area (Å²) in [5.74, 6) is -1.68. The Morgan fingerprint density at radius 2 is 0.881 bits per heavy atom. The van der Waals surface area contributed by atoms with Gasteiger partial charge in [-0.1, -0.05) is 0 Å². The van der Waals surface area contributed by atoms with Crippen molar-refractivity contribution in [2.45, 2.75) is 34.2 Å². The second-order valence-electron chi connectivity index (χ2n) is 11.8. The third kappa shape index (κ3) is 4.63. The third-order valence-electron chi connectivity index (χ3n) is 9.23. The van der Waals surface area contributed by atoms with Crippen LogP contribution in [0.2, 0.25) is 33.2 Å². The Bertz CT molecular complexity index is 1670. The van der Waals surface area contributed by atoms with E-state index in [1.807, 2.05) is 36.4 Å². The molecule has 42 heavy (non-hydrogen) atoms. The van der Waals surface area contributed by atoms with Gasteiger partial charge in [0.05, 0.1) is 0 Å². The Morgan fingerprint density at radius 3 is 1.21 bits per heavy atom. The van der Waals surface area contributed by atoms with Crippen LogP contribution in [0, 0.1) is 0 Å². The van der Waals surface area contributed by atoms with E-state index in [1.165, 1.54) is 22.3 Å². The number of benzene rings is 4. The van der Waals surface area contributed by atoms with Gasteiger partial charge in [-0.15, -0.1) is 0 Å². The summed E-state index contributed by atoms with van der Waals surface area (Å²) in [4.78, 5) is 0. The van der Waals surface area contributed by atoms with E-state index >= 15 is 0 Å². The van der Waals surface area contributed by atoms with Crippen molar-refractivity contribution >= 4 is 81.5 Å². The molecule has 0 radical (unpaired) electrons. The van der Waals surface area contributed by atoms with Crippen molar-refractivity contribution in [3.05, 3.63) is 126 Å². The van der Waals surface area contributed by atoms with E-state index in [0.29, 0.717) is 20.1 Å².